The number of hydrogen-bond acceptors (Lipinski definition) is 1. The van der Waals surface area contributed by atoms with Crippen molar-refractivity contribution in [3.63, 3.8) is 0 Å². The van der Waals surface area contributed by atoms with Crippen LogP contribution in [0.1, 0.15) is 58.8 Å². The van der Waals surface area contributed by atoms with E-state index < -0.39 is 0 Å². The molecule has 2 nitrogen and oxygen atoms in total. The molecule has 1 saturated heterocycles. The maximum absolute atomic E-state index is 12.9. The first kappa shape index (κ1) is 18.3. The van der Waals surface area contributed by atoms with E-state index in [2.05, 4.69) is 49.1 Å². The Balaban J connectivity index is 2.19. The topological polar surface area (TPSA) is 20.3 Å². The van der Waals surface area contributed by atoms with E-state index in [4.69, 9.17) is 0 Å². The summed E-state index contributed by atoms with van der Waals surface area (Å²) in [5.41, 5.74) is 1.14. The number of hydrogen-bond donors (Lipinski definition) is 0. The van der Waals surface area contributed by atoms with Crippen molar-refractivity contribution in [2.75, 3.05) is 13.1 Å². The number of rotatable bonds is 8. The van der Waals surface area contributed by atoms with Crippen LogP contribution < -0.4 is 4.46 Å². The first-order valence-electron chi connectivity index (χ1n) is 9.00. The molecule has 23 heavy (non-hydrogen) atoms. The number of nitrogens with zero attached hydrogens (tertiary/aromatic N) is 1. The molecule has 1 aromatic rings. The number of carbonyl (C=O) groups excluding carboxylic acids is 1. The minimum absolute atomic E-state index is 0.287. The molecule has 0 spiro atoms. The Morgan fingerprint density at radius 1 is 1.13 bits per heavy atom. The summed E-state index contributed by atoms with van der Waals surface area (Å²) in [5.74, 6) is 0.327. The fourth-order valence-electron chi connectivity index (χ4n) is 2.90. The van der Waals surface area contributed by atoms with Gasteiger partial charge in [0.25, 0.3) is 0 Å². The van der Waals surface area contributed by atoms with Crippen LogP contribution in [0.25, 0.3) is 0 Å². The standard InChI is InChI=1S/C20H29NOSe/c1-3-5-14-19(23-17-11-8-7-9-12-17)18-13-10-16-21(20(18)22)15-6-4-2/h7-9,11-12H,3-6,10,13-16H2,1-2H3/b19-18-. The van der Waals surface area contributed by atoms with Crippen LogP contribution in [0.4, 0.5) is 0 Å². The van der Waals surface area contributed by atoms with Crippen molar-refractivity contribution in [2.45, 2.75) is 58.8 Å². The van der Waals surface area contributed by atoms with Gasteiger partial charge in [0.05, 0.1) is 0 Å². The van der Waals surface area contributed by atoms with Gasteiger partial charge in [-0.2, -0.15) is 0 Å². The Morgan fingerprint density at radius 3 is 2.57 bits per heavy atom. The molecule has 1 fully saturated rings. The van der Waals surface area contributed by atoms with Gasteiger partial charge in [-0.25, -0.2) is 0 Å². The van der Waals surface area contributed by atoms with Crippen LogP contribution in [-0.4, -0.2) is 38.9 Å². The zero-order valence-electron chi connectivity index (χ0n) is 14.5. The van der Waals surface area contributed by atoms with Crippen LogP contribution in [0, 0.1) is 0 Å². The number of benzene rings is 1. The zero-order chi connectivity index (χ0) is 16.5. The van der Waals surface area contributed by atoms with E-state index in [0.717, 1.165) is 50.8 Å². The second-order valence-electron chi connectivity index (χ2n) is 6.17. The number of carbonyl (C=O) groups is 1. The number of unbranched alkanes of at least 4 members (excludes halogenated alkanes) is 2. The van der Waals surface area contributed by atoms with Crippen LogP contribution >= 0.6 is 0 Å². The maximum atomic E-state index is 12.9. The molecule has 1 heterocycles. The third-order valence-corrected chi connectivity index (χ3v) is 6.79. The van der Waals surface area contributed by atoms with Crippen molar-refractivity contribution in [3.8, 4) is 0 Å². The van der Waals surface area contributed by atoms with Gasteiger partial charge in [0.1, 0.15) is 0 Å². The predicted molar refractivity (Wildman–Crippen MR) is 99.1 cm³/mol. The molecule has 1 amide bonds. The Bertz CT molecular complexity index is 524. The summed E-state index contributed by atoms with van der Waals surface area (Å²) in [5, 5.41) is 0. The summed E-state index contributed by atoms with van der Waals surface area (Å²) >= 11 is 0.287. The molecule has 3 heteroatoms. The van der Waals surface area contributed by atoms with Crippen molar-refractivity contribution in [2.24, 2.45) is 0 Å². The number of allylic oxidation sites excluding steroid dienone is 1. The van der Waals surface area contributed by atoms with Gasteiger partial charge >= 0.3 is 147 Å². The average molecular weight is 378 g/mol. The molecule has 0 saturated carbocycles. The van der Waals surface area contributed by atoms with E-state index in [9.17, 15) is 4.79 Å². The quantitative estimate of drug-likeness (QED) is 0.497. The average Bonchev–Trinajstić information content (AvgIpc) is 2.59. The summed E-state index contributed by atoms with van der Waals surface area (Å²) in [4.78, 5) is 15.0. The van der Waals surface area contributed by atoms with Gasteiger partial charge in [-0.3, -0.25) is 0 Å². The molecule has 0 N–H and O–H groups in total. The molecular weight excluding hydrogens is 349 g/mol. The van der Waals surface area contributed by atoms with E-state index in [1.54, 1.807) is 0 Å². The van der Waals surface area contributed by atoms with Crippen molar-refractivity contribution in [1.29, 1.82) is 0 Å². The summed E-state index contributed by atoms with van der Waals surface area (Å²) in [7, 11) is 0. The van der Waals surface area contributed by atoms with Crippen LogP contribution in [0.5, 0.6) is 0 Å². The fourth-order valence-corrected chi connectivity index (χ4v) is 5.28. The molecule has 0 aliphatic carbocycles. The Hall–Kier alpha value is -1.05. The molecule has 1 aliphatic heterocycles. The van der Waals surface area contributed by atoms with Gasteiger partial charge in [0, 0.05) is 0 Å². The van der Waals surface area contributed by atoms with Gasteiger partial charge in [0.15, 0.2) is 0 Å². The normalized spacial score (nSPS) is 17.5. The first-order chi connectivity index (χ1) is 11.3. The van der Waals surface area contributed by atoms with Gasteiger partial charge in [-0.05, 0) is 0 Å². The molecule has 0 unspecified atom stereocenters. The van der Waals surface area contributed by atoms with E-state index >= 15 is 0 Å². The monoisotopic (exact) mass is 379 g/mol. The van der Waals surface area contributed by atoms with Gasteiger partial charge in [0.2, 0.25) is 0 Å². The number of amides is 1. The van der Waals surface area contributed by atoms with Gasteiger partial charge in [-0.1, -0.05) is 0 Å². The third kappa shape index (κ3) is 5.51. The zero-order valence-corrected chi connectivity index (χ0v) is 16.2. The van der Waals surface area contributed by atoms with Gasteiger partial charge in [-0.15, -0.1) is 0 Å². The number of likely N-dealkylation sites (tertiary alicyclic amines) is 1. The Morgan fingerprint density at radius 2 is 1.87 bits per heavy atom. The summed E-state index contributed by atoms with van der Waals surface area (Å²) in [6.45, 7) is 6.30. The van der Waals surface area contributed by atoms with E-state index in [-0.39, 0.29) is 15.0 Å². The first-order valence-corrected chi connectivity index (χ1v) is 10.7. The second-order valence-corrected chi connectivity index (χ2v) is 8.62. The molecule has 0 radical (unpaired) electrons. The second kappa shape index (κ2) is 9.95. The van der Waals surface area contributed by atoms with Crippen LogP contribution in [0.3, 0.4) is 0 Å². The Labute approximate surface area is 147 Å². The molecular formula is C20H29NOSe. The SMILES string of the molecule is CCCC/C([Se]c1ccccc1)=C1\CCCN(CCCC)C1=O. The van der Waals surface area contributed by atoms with Crippen molar-refractivity contribution in [3.05, 3.63) is 40.4 Å². The number of piperidine rings is 1. The molecule has 0 atom stereocenters. The van der Waals surface area contributed by atoms with Crippen molar-refractivity contribution in [1.82, 2.24) is 4.90 Å². The van der Waals surface area contributed by atoms with Crippen LogP contribution in [0.15, 0.2) is 40.4 Å². The van der Waals surface area contributed by atoms with E-state index in [1.807, 2.05) is 0 Å². The Kier molecular flexibility index (Phi) is 7.91. The van der Waals surface area contributed by atoms with Crippen molar-refractivity contribution >= 4 is 25.3 Å². The summed E-state index contributed by atoms with van der Waals surface area (Å²) < 4.78 is 2.83. The molecule has 126 valence electrons. The van der Waals surface area contributed by atoms with Crippen molar-refractivity contribution < 1.29 is 4.79 Å². The van der Waals surface area contributed by atoms with E-state index in [0.29, 0.717) is 5.91 Å². The fraction of sp³-hybridized carbons (Fsp3) is 0.550. The van der Waals surface area contributed by atoms with Crippen LogP contribution in [0.2, 0.25) is 0 Å². The summed E-state index contributed by atoms with van der Waals surface area (Å²) in [6, 6.07) is 10.7. The predicted octanol–water partition coefficient (Wildman–Crippen LogP) is 3.88. The third-order valence-electron chi connectivity index (χ3n) is 4.26. The molecule has 2 rings (SSSR count). The van der Waals surface area contributed by atoms with Gasteiger partial charge < -0.3 is 0 Å². The molecule has 0 aromatic heterocycles. The minimum atomic E-state index is 0.287. The van der Waals surface area contributed by atoms with E-state index in [1.165, 1.54) is 21.8 Å². The molecule has 0 bridgehead atoms. The summed E-state index contributed by atoms with van der Waals surface area (Å²) in [6.07, 6.45) is 7.85. The van der Waals surface area contributed by atoms with Crippen LogP contribution in [-0.2, 0) is 4.79 Å². The molecule has 1 aliphatic rings. The molecule has 1 aromatic carbocycles.